The van der Waals surface area contributed by atoms with E-state index in [-0.39, 0.29) is 17.6 Å². The molecule has 184 valence electrons. The molecule has 1 unspecified atom stereocenters. The van der Waals surface area contributed by atoms with Crippen molar-refractivity contribution in [1.82, 2.24) is 14.9 Å². The Bertz CT molecular complexity index is 1450. The molecule has 0 aliphatic heterocycles. The van der Waals surface area contributed by atoms with E-state index in [9.17, 15) is 9.59 Å². The van der Waals surface area contributed by atoms with Gasteiger partial charge in [0.25, 0.3) is 5.56 Å². The molecule has 0 spiro atoms. The van der Waals surface area contributed by atoms with Gasteiger partial charge < -0.3 is 19.4 Å². The summed E-state index contributed by atoms with van der Waals surface area (Å²) in [6.45, 7) is 10.1. The van der Waals surface area contributed by atoms with Crippen molar-refractivity contribution < 1.29 is 14.3 Å². The summed E-state index contributed by atoms with van der Waals surface area (Å²) in [5.41, 5.74) is 3.67. The molecule has 1 amide bonds. The number of ether oxygens (including phenoxy) is 2. The van der Waals surface area contributed by atoms with Gasteiger partial charge in [-0.25, -0.2) is 9.78 Å². The van der Waals surface area contributed by atoms with Gasteiger partial charge in [0.1, 0.15) is 10.3 Å². The Balaban J connectivity index is 1.72. The van der Waals surface area contributed by atoms with Crippen molar-refractivity contribution in [3.05, 3.63) is 57.3 Å². The quantitative estimate of drug-likeness (QED) is 0.364. The van der Waals surface area contributed by atoms with Crippen molar-refractivity contribution >= 4 is 38.4 Å². The number of nitrogens with one attached hydrogen (secondary N) is 1. The second kappa shape index (κ2) is 9.34. The molecule has 3 aromatic heterocycles. The van der Waals surface area contributed by atoms with Crippen molar-refractivity contribution in [2.24, 2.45) is 0 Å². The lowest BCUT2D eigenvalue weighted by atomic mass is 9.95. The van der Waals surface area contributed by atoms with Crippen molar-refractivity contribution in [3.63, 3.8) is 0 Å². The van der Waals surface area contributed by atoms with Crippen LogP contribution in [0.1, 0.15) is 44.9 Å². The number of fused-ring (bicyclic) bond motifs is 3. The van der Waals surface area contributed by atoms with Crippen LogP contribution in [-0.2, 0) is 4.74 Å². The Morgan fingerprint density at radius 3 is 2.51 bits per heavy atom. The molecule has 0 bridgehead atoms. The number of thiophene rings is 1. The standard InChI is InChI=1S/C27H31N3O4S/c1-15(14-30(6)26(32)34-27(3,4)5)17-8-10-18(11-9-17)20-21-19-12-13-35-23(19)24(31)29-22(21)16(2)28-25(20)33-7/h8-13,15H,14H2,1-7H3,(H,29,31). The van der Waals surface area contributed by atoms with E-state index >= 15 is 0 Å². The highest BCUT2D eigenvalue weighted by Crippen LogP contribution is 2.40. The Hall–Kier alpha value is -3.39. The first-order valence-corrected chi connectivity index (χ1v) is 12.4. The fraction of sp³-hybridized carbons (Fsp3) is 0.370. The topological polar surface area (TPSA) is 84.5 Å². The molecule has 4 aromatic rings. The predicted molar refractivity (Wildman–Crippen MR) is 142 cm³/mol. The van der Waals surface area contributed by atoms with Crippen molar-refractivity contribution in [2.45, 2.75) is 46.1 Å². The normalized spacial score (nSPS) is 12.7. The lowest BCUT2D eigenvalue weighted by Gasteiger charge is -2.26. The third kappa shape index (κ3) is 4.89. The highest BCUT2D eigenvalue weighted by atomic mass is 32.1. The average Bonchev–Trinajstić information content (AvgIpc) is 3.29. The minimum Gasteiger partial charge on any atom is -0.481 e. The zero-order chi connectivity index (χ0) is 25.5. The van der Waals surface area contributed by atoms with Gasteiger partial charge in [0.2, 0.25) is 5.88 Å². The number of aromatic amines is 1. The maximum atomic E-state index is 12.6. The van der Waals surface area contributed by atoms with Crippen LogP contribution in [0.15, 0.2) is 40.5 Å². The van der Waals surface area contributed by atoms with E-state index in [1.165, 1.54) is 11.3 Å². The molecule has 0 aliphatic rings. The van der Waals surface area contributed by atoms with Gasteiger partial charge in [-0.05, 0) is 56.2 Å². The van der Waals surface area contributed by atoms with Gasteiger partial charge in [0.05, 0.1) is 23.9 Å². The van der Waals surface area contributed by atoms with Crippen LogP contribution >= 0.6 is 11.3 Å². The van der Waals surface area contributed by atoms with Crippen LogP contribution < -0.4 is 10.3 Å². The number of aryl methyl sites for hydroxylation is 1. The lowest BCUT2D eigenvalue weighted by molar-refractivity contribution is 0.0291. The van der Waals surface area contributed by atoms with E-state index in [1.54, 1.807) is 19.1 Å². The highest BCUT2D eigenvalue weighted by molar-refractivity contribution is 7.17. The number of rotatable bonds is 5. The monoisotopic (exact) mass is 493 g/mol. The van der Waals surface area contributed by atoms with Gasteiger partial charge in [0.15, 0.2) is 0 Å². The summed E-state index contributed by atoms with van der Waals surface area (Å²) in [5.74, 6) is 0.622. The molecule has 3 heterocycles. The molecule has 0 saturated heterocycles. The Morgan fingerprint density at radius 1 is 1.20 bits per heavy atom. The first-order valence-electron chi connectivity index (χ1n) is 11.5. The second-order valence-electron chi connectivity index (χ2n) is 9.83. The Morgan fingerprint density at radius 2 is 1.89 bits per heavy atom. The molecular weight excluding hydrogens is 462 g/mol. The van der Waals surface area contributed by atoms with Gasteiger partial charge in [-0.2, -0.15) is 0 Å². The van der Waals surface area contributed by atoms with Crippen LogP contribution in [0.3, 0.4) is 0 Å². The third-order valence-electron chi connectivity index (χ3n) is 5.94. The maximum absolute atomic E-state index is 12.6. The minimum absolute atomic E-state index is 0.108. The van der Waals surface area contributed by atoms with E-state index in [0.717, 1.165) is 27.5 Å². The maximum Gasteiger partial charge on any atom is 0.410 e. The Labute approximate surface area is 208 Å². The molecule has 7 nitrogen and oxygen atoms in total. The summed E-state index contributed by atoms with van der Waals surface area (Å²) in [5, 5.41) is 3.75. The summed E-state index contributed by atoms with van der Waals surface area (Å²) in [4.78, 5) is 34.2. The smallest absolute Gasteiger partial charge is 0.410 e. The highest BCUT2D eigenvalue weighted by Gasteiger charge is 2.22. The number of pyridine rings is 2. The number of carbonyl (C=O) groups excluding carboxylic acids is 1. The molecule has 0 fully saturated rings. The fourth-order valence-corrected chi connectivity index (χ4v) is 5.07. The van der Waals surface area contributed by atoms with Gasteiger partial charge in [0, 0.05) is 24.4 Å². The molecular formula is C27H31N3O4S. The molecule has 1 aromatic carbocycles. The summed E-state index contributed by atoms with van der Waals surface area (Å²) in [6.07, 6.45) is -0.336. The fourth-order valence-electron chi connectivity index (χ4n) is 4.28. The van der Waals surface area contributed by atoms with Crippen LogP contribution in [0.25, 0.3) is 32.1 Å². The number of H-pyrrole nitrogens is 1. The zero-order valence-corrected chi connectivity index (χ0v) is 22.0. The molecule has 1 atom stereocenters. The first kappa shape index (κ1) is 24.7. The van der Waals surface area contributed by atoms with Crippen molar-refractivity contribution in [1.29, 1.82) is 0 Å². The second-order valence-corrected chi connectivity index (χ2v) is 10.7. The number of carbonyl (C=O) groups is 1. The molecule has 0 aliphatic carbocycles. The molecule has 0 saturated carbocycles. The number of hydrogen-bond acceptors (Lipinski definition) is 6. The number of methoxy groups -OCH3 is 1. The van der Waals surface area contributed by atoms with Crippen LogP contribution in [0.2, 0.25) is 0 Å². The predicted octanol–water partition coefficient (Wildman–Crippen LogP) is 6.09. The van der Waals surface area contributed by atoms with Crippen molar-refractivity contribution in [3.8, 4) is 17.0 Å². The van der Waals surface area contributed by atoms with E-state index in [4.69, 9.17) is 9.47 Å². The summed E-state index contributed by atoms with van der Waals surface area (Å²) >= 11 is 1.42. The van der Waals surface area contributed by atoms with Gasteiger partial charge >= 0.3 is 6.09 Å². The number of benzene rings is 1. The number of hydrogen-bond donors (Lipinski definition) is 1. The molecule has 35 heavy (non-hydrogen) atoms. The number of amides is 1. The van der Waals surface area contributed by atoms with E-state index in [2.05, 4.69) is 29.0 Å². The largest absolute Gasteiger partial charge is 0.481 e. The van der Waals surface area contributed by atoms with Crippen molar-refractivity contribution in [2.75, 3.05) is 20.7 Å². The molecule has 1 N–H and O–H groups in total. The third-order valence-corrected chi connectivity index (χ3v) is 6.85. The zero-order valence-electron chi connectivity index (χ0n) is 21.2. The Kier molecular flexibility index (Phi) is 6.60. The number of nitrogens with zero attached hydrogens (tertiary/aromatic N) is 2. The minimum atomic E-state index is -0.529. The van der Waals surface area contributed by atoms with Crippen LogP contribution in [0.4, 0.5) is 4.79 Å². The molecule has 0 radical (unpaired) electrons. The SMILES string of the molecule is COc1nc(C)c2[nH]c(=O)c3sccc3c2c1-c1ccc(C(C)CN(C)C(=O)OC(C)(C)C)cc1. The molecule has 8 heteroatoms. The van der Waals surface area contributed by atoms with E-state index in [0.29, 0.717) is 28.3 Å². The number of likely N-dealkylation sites (N-methyl/N-ethyl adjacent to an activating group) is 1. The van der Waals surface area contributed by atoms with Crippen LogP contribution in [0, 0.1) is 6.92 Å². The average molecular weight is 494 g/mol. The summed E-state index contributed by atoms with van der Waals surface area (Å²) in [6, 6.07) is 10.2. The van der Waals surface area contributed by atoms with Crippen LogP contribution in [0.5, 0.6) is 5.88 Å². The van der Waals surface area contributed by atoms with Gasteiger partial charge in [-0.15, -0.1) is 11.3 Å². The molecule has 4 rings (SSSR count). The van der Waals surface area contributed by atoms with Gasteiger partial charge in [-0.3, -0.25) is 4.79 Å². The number of aromatic nitrogens is 2. The van der Waals surface area contributed by atoms with Crippen LogP contribution in [-0.4, -0.2) is 47.3 Å². The van der Waals surface area contributed by atoms with E-state index in [1.807, 2.05) is 51.3 Å². The van der Waals surface area contributed by atoms with Gasteiger partial charge in [-0.1, -0.05) is 31.2 Å². The summed E-state index contributed by atoms with van der Waals surface area (Å²) in [7, 11) is 3.36. The summed E-state index contributed by atoms with van der Waals surface area (Å²) < 4.78 is 11.8. The lowest BCUT2D eigenvalue weighted by Crippen LogP contribution is -2.36. The van der Waals surface area contributed by atoms with E-state index < -0.39 is 5.60 Å². The first-order chi connectivity index (χ1) is 16.5.